The number of carbonyl (C=O) groups excluding carboxylic acids is 6. The summed E-state index contributed by atoms with van der Waals surface area (Å²) in [4.78, 5) is 78.5. The molecule has 0 radical (unpaired) electrons. The van der Waals surface area contributed by atoms with Crippen molar-refractivity contribution in [3.63, 3.8) is 0 Å². The zero-order valence-corrected chi connectivity index (χ0v) is 21.8. The number of nitrogens with zero attached hydrogens (tertiary/aromatic N) is 1. The molecule has 3 rings (SSSR count). The summed E-state index contributed by atoms with van der Waals surface area (Å²) < 4.78 is 18.8. The van der Waals surface area contributed by atoms with Crippen LogP contribution in [0.25, 0.3) is 0 Å². The summed E-state index contributed by atoms with van der Waals surface area (Å²) in [5.74, 6) is -7.47. The van der Waals surface area contributed by atoms with Crippen LogP contribution >= 0.6 is 0 Å². The molecule has 1 aromatic carbocycles. The molecule has 0 bridgehead atoms. The fourth-order valence-corrected chi connectivity index (χ4v) is 4.26. The molecule has 1 saturated heterocycles. The van der Waals surface area contributed by atoms with E-state index in [1.54, 1.807) is 13.8 Å². The number of amides is 4. The number of imide groups is 1. The maximum absolute atomic E-state index is 14.1. The minimum Gasteiger partial charge on any atom is -0.465 e. The average molecular weight is 541 g/mol. The number of nitrogens with one attached hydrogen (secondary N) is 3. The van der Waals surface area contributed by atoms with Gasteiger partial charge in [0.1, 0.15) is 5.92 Å². The van der Waals surface area contributed by atoms with E-state index in [4.69, 9.17) is 0 Å². The number of methoxy groups -OCH3 is 1. The van der Waals surface area contributed by atoms with Gasteiger partial charge in [0.25, 0.3) is 5.91 Å². The summed E-state index contributed by atoms with van der Waals surface area (Å²) in [5, 5.41) is 7.35. The second-order valence-electron chi connectivity index (χ2n) is 9.50. The van der Waals surface area contributed by atoms with Gasteiger partial charge in [-0.05, 0) is 35.7 Å². The van der Waals surface area contributed by atoms with E-state index in [0.29, 0.717) is 5.56 Å². The van der Waals surface area contributed by atoms with Crippen LogP contribution in [0.1, 0.15) is 59.5 Å². The summed E-state index contributed by atoms with van der Waals surface area (Å²) >= 11 is 0. The van der Waals surface area contributed by atoms with E-state index in [0.717, 1.165) is 0 Å². The van der Waals surface area contributed by atoms with E-state index in [2.05, 4.69) is 25.7 Å². The van der Waals surface area contributed by atoms with Crippen LogP contribution < -0.4 is 16.0 Å². The highest BCUT2D eigenvalue weighted by atomic mass is 19.1. The summed E-state index contributed by atoms with van der Waals surface area (Å²) in [5.41, 5.74) is 0.311. The molecule has 4 amide bonds. The normalized spacial score (nSPS) is 18.2. The van der Waals surface area contributed by atoms with Crippen molar-refractivity contribution in [2.24, 2.45) is 17.8 Å². The Labute approximate surface area is 223 Å². The van der Waals surface area contributed by atoms with Gasteiger partial charge in [0.15, 0.2) is 5.78 Å². The topological polar surface area (TPSA) is 161 Å². The molecule has 1 unspecified atom stereocenters. The molecule has 12 heteroatoms. The number of carbonyl (C=O) groups is 6. The number of aromatic nitrogens is 1. The quantitative estimate of drug-likeness (QED) is 0.177. The molecule has 0 spiro atoms. The molecule has 39 heavy (non-hydrogen) atoms. The maximum Gasteiger partial charge on any atom is 0.337 e. The average Bonchev–Trinajstić information content (AvgIpc) is 3.16. The Balaban J connectivity index is 1.84. The van der Waals surface area contributed by atoms with Gasteiger partial charge in [-0.1, -0.05) is 32.9 Å². The highest BCUT2D eigenvalue weighted by Gasteiger charge is 2.46. The lowest BCUT2D eigenvalue weighted by atomic mass is 9.85. The molecular formula is C27H29FN4O7. The van der Waals surface area contributed by atoms with Crippen LogP contribution in [0.5, 0.6) is 0 Å². The SMILES string of the molecule is COC(=O)c1ccc(C(CC(=O)N[C@@H](C(=O)[C@@H]2C(=O)NC(=O)[C@@H]2C)C(C)C)NC(=O)c2cccnc2F)cc1. The number of benzene rings is 1. The number of Topliss-reactive ketones (excluding diaryl/α,β-unsaturated/α-hetero) is 1. The number of esters is 1. The summed E-state index contributed by atoms with van der Waals surface area (Å²) in [6.45, 7) is 4.82. The predicted octanol–water partition coefficient (Wildman–Crippen LogP) is 1.49. The van der Waals surface area contributed by atoms with Crippen LogP contribution in [0.15, 0.2) is 42.6 Å². The molecule has 4 atom stereocenters. The van der Waals surface area contributed by atoms with E-state index >= 15 is 0 Å². The Morgan fingerprint density at radius 2 is 1.72 bits per heavy atom. The third kappa shape index (κ3) is 6.70. The Hall–Kier alpha value is -4.48. The maximum atomic E-state index is 14.1. The monoisotopic (exact) mass is 540 g/mol. The molecule has 3 N–H and O–H groups in total. The van der Waals surface area contributed by atoms with E-state index < -0.39 is 71.2 Å². The number of ketones is 1. The predicted molar refractivity (Wildman–Crippen MR) is 134 cm³/mol. The third-order valence-corrected chi connectivity index (χ3v) is 6.47. The molecular weight excluding hydrogens is 511 g/mol. The van der Waals surface area contributed by atoms with Gasteiger partial charge in [-0.2, -0.15) is 4.39 Å². The smallest absolute Gasteiger partial charge is 0.337 e. The van der Waals surface area contributed by atoms with Crippen molar-refractivity contribution in [3.8, 4) is 0 Å². The van der Waals surface area contributed by atoms with Crippen molar-refractivity contribution in [2.45, 2.75) is 39.3 Å². The van der Waals surface area contributed by atoms with Crippen LogP contribution in [0, 0.1) is 23.7 Å². The number of hydrogen-bond acceptors (Lipinski definition) is 8. The Kier molecular flexibility index (Phi) is 9.23. The van der Waals surface area contributed by atoms with Gasteiger partial charge in [-0.15, -0.1) is 0 Å². The molecule has 0 aliphatic carbocycles. The zero-order chi connectivity index (χ0) is 28.9. The number of ether oxygens (including phenoxy) is 1. The lowest BCUT2D eigenvalue weighted by Gasteiger charge is -2.26. The second-order valence-corrected chi connectivity index (χ2v) is 9.50. The van der Waals surface area contributed by atoms with Crippen molar-refractivity contribution in [3.05, 3.63) is 65.2 Å². The molecule has 1 fully saturated rings. The van der Waals surface area contributed by atoms with E-state index in [1.807, 2.05) is 0 Å². The zero-order valence-electron chi connectivity index (χ0n) is 21.8. The highest BCUT2D eigenvalue weighted by Crippen LogP contribution is 2.24. The summed E-state index contributed by atoms with van der Waals surface area (Å²) in [6, 6.07) is 6.43. The first kappa shape index (κ1) is 29.1. The lowest BCUT2D eigenvalue weighted by molar-refractivity contribution is -0.137. The fraction of sp³-hybridized carbons (Fsp3) is 0.370. The lowest BCUT2D eigenvalue weighted by Crippen LogP contribution is -2.49. The minimum absolute atomic E-state index is 0.234. The highest BCUT2D eigenvalue weighted by molar-refractivity contribution is 6.16. The van der Waals surface area contributed by atoms with Crippen LogP contribution in [0.3, 0.4) is 0 Å². The molecule has 2 aromatic rings. The molecule has 2 heterocycles. The number of rotatable bonds is 10. The molecule has 1 aliphatic heterocycles. The first-order valence-corrected chi connectivity index (χ1v) is 12.2. The van der Waals surface area contributed by atoms with Crippen molar-refractivity contribution in [1.82, 2.24) is 20.9 Å². The van der Waals surface area contributed by atoms with Gasteiger partial charge in [0.05, 0.1) is 42.7 Å². The standard InChI is InChI=1S/C27H29FN4O7/c1-13(2)21(22(34)20-14(3)24(35)32-26(20)37)31-19(33)12-18(15-7-9-16(10-8-15)27(38)39-4)30-25(36)17-6-5-11-29-23(17)28/h5-11,13-14,18,20-21H,12H2,1-4H3,(H,30,36)(H,31,33)(H,32,35,37)/t14-,18?,20-,21-/m1/s1. The van der Waals surface area contributed by atoms with Crippen molar-refractivity contribution >= 4 is 35.4 Å². The van der Waals surface area contributed by atoms with Crippen molar-refractivity contribution < 1.29 is 37.9 Å². The Morgan fingerprint density at radius 1 is 1.05 bits per heavy atom. The van der Waals surface area contributed by atoms with Crippen LogP contribution in [-0.2, 0) is 23.9 Å². The Bertz CT molecular complexity index is 1300. The summed E-state index contributed by atoms with van der Waals surface area (Å²) in [6.07, 6.45) is 0.817. The van der Waals surface area contributed by atoms with Gasteiger partial charge in [0, 0.05) is 6.20 Å². The fourth-order valence-electron chi connectivity index (χ4n) is 4.26. The van der Waals surface area contributed by atoms with Crippen molar-refractivity contribution in [1.29, 1.82) is 0 Å². The molecule has 206 valence electrons. The van der Waals surface area contributed by atoms with Gasteiger partial charge < -0.3 is 15.4 Å². The van der Waals surface area contributed by atoms with E-state index in [-0.39, 0.29) is 17.5 Å². The number of hydrogen-bond donors (Lipinski definition) is 3. The van der Waals surface area contributed by atoms with Gasteiger partial charge in [0.2, 0.25) is 23.7 Å². The summed E-state index contributed by atoms with van der Waals surface area (Å²) in [7, 11) is 1.23. The third-order valence-electron chi connectivity index (χ3n) is 6.47. The van der Waals surface area contributed by atoms with Crippen LogP contribution in [0.4, 0.5) is 4.39 Å². The molecule has 1 aromatic heterocycles. The second kappa shape index (κ2) is 12.4. The number of halogens is 1. The first-order chi connectivity index (χ1) is 18.4. The van der Waals surface area contributed by atoms with Gasteiger partial charge >= 0.3 is 5.97 Å². The Morgan fingerprint density at radius 3 is 2.26 bits per heavy atom. The number of pyridine rings is 1. The first-order valence-electron chi connectivity index (χ1n) is 12.2. The molecule has 1 aliphatic rings. The minimum atomic E-state index is -1.24. The van der Waals surface area contributed by atoms with E-state index in [1.165, 1.54) is 56.6 Å². The van der Waals surface area contributed by atoms with Crippen molar-refractivity contribution in [2.75, 3.05) is 7.11 Å². The van der Waals surface area contributed by atoms with Crippen LogP contribution in [0.2, 0.25) is 0 Å². The molecule has 0 saturated carbocycles. The van der Waals surface area contributed by atoms with Gasteiger partial charge in [-0.25, -0.2) is 9.78 Å². The van der Waals surface area contributed by atoms with Crippen LogP contribution in [-0.4, -0.2) is 53.5 Å². The molecule has 11 nitrogen and oxygen atoms in total. The van der Waals surface area contributed by atoms with E-state index in [9.17, 15) is 33.2 Å². The van der Waals surface area contributed by atoms with Gasteiger partial charge in [-0.3, -0.25) is 29.3 Å². The largest absolute Gasteiger partial charge is 0.465 e.